The first kappa shape index (κ1) is 19.7. The Morgan fingerprint density at radius 3 is 2.70 bits per heavy atom. The summed E-state index contributed by atoms with van der Waals surface area (Å²) in [6, 6.07) is 12.5. The molecule has 0 aliphatic carbocycles. The molecule has 1 aliphatic heterocycles. The largest absolute Gasteiger partial charge is 0.486 e. The molecule has 30 heavy (non-hydrogen) atoms. The van der Waals surface area contributed by atoms with Crippen LogP contribution in [0, 0.1) is 18.3 Å². The van der Waals surface area contributed by atoms with Crippen molar-refractivity contribution in [3.05, 3.63) is 53.1 Å². The summed E-state index contributed by atoms with van der Waals surface area (Å²) in [4.78, 5) is 27.8. The summed E-state index contributed by atoms with van der Waals surface area (Å²) in [6.45, 7) is 2.78. The van der Waals surface area contributed by atoms with Gasteiger partial charge in [-0.3, -0.25) is 9.59 Å². The maximum atomic E-state index is 12.4. The number of aromatic nitrogens is 1. The summed E-state index contributed by atoms with van der Waals surface area (Å²) in [5.74, 6) is 1.12. The molecule has 0 bridgehead atoms. The second-order valence-electron chi connectivity index (χ2n) is 6.67. The summed E-state index contributed by atoms with van der Waals surface area (Å²) < 4.78 is 11.2. The fraction of sp³-hybridized carbons (Fsp3) is 0.182. The second kappa shape index (κ2) is 8.43. The quantitative estimate of drug-likeness (QED) is 0.497. The van der Waals surface area contributed by atoms with Gasteiger partial charge in [-0.05, 0) is 42.8 Å². The van der Waals surface area contributed by atoms with Crippen LogP contribution in [0.25, 0.3) is 10.9 Å². The summed E-state index contributed by atoms with van der Waals surface area (Å²) in [5, 5.41) is 13.6. The Labute approximate surface area is 177 Å². The molecule has 1 amide bonds. The predicted molar refractivity (Wildman–Crippen MR) is 113 cm³/mol. The van der Waals surface area contributed by atoms with Crippen LogP contribution in [0.5, 0.6) is 11.5 Å². The van der Waals surface area contributed by atoms with E-state index in [1.54, 1.807) is 30.3 Å². The van der Waals surface area contributed by atoms with Crippen LogP contribution in [0.3, 0.4) is 0 Å². The lowest BCUT2D eigenvalue weighted by Gasteiger charge is -2.18. The maximum Gasteiger partial charge on any atom is 0.234 e. The highest BCUT2D eigenvalue weighted by molar-refractivity contribution is 8.00. The van der Waals surface area contributed by atoms with Gasteiger partial charge in [0.25, 0.3) is 0 Å². The molecule has 0 saturated carbocycles. The third-order valence-electron chi connectivity index (χ3n) is 4.56. The van der Waals surface area contributed by atoms with Crippen molar-refractivity contribution in [3.63, 3.8) is 0 Å². The number of ether oxygens (including phenoxy) is 2. The average Bonchev–Trinajstić information content (AvgIpc) is 2.76. The van der Waals surface area contributed by atoms with Gasteiger partial charge in [0.2, 0.25) is 5.91 Å². The average molecular weight is 419 g/mol. The minimum absolute atomic E-state index is 0.0899. The predicted octanol–water partition coefficient (Wildman–Crippen LogP) is 3.73. The van der Waals surface area contributed by atoms with Gasteiger partial charge in [0.05, 0.1) is 16.8 Å². The zero-order valence-electron chi connectivity index (χ0n) is 16.1. The van der Waals surface area contributed by atoms with Gasteiger partial charge < -0.3 is 14.8 Å². The van der Waals surface area contributed by atoms with E-state index in [1.165, 1.54) is 11.8 Å². The van der Waals surface area contributed by atoms with Crippen molar-refractivity contribution in [1.82, 2.24) is 4.98 Å². The SMILES string of the molecule is Cc1cc(C=O)ccc1NC(=O)CSc1nc2cc3c(cc2cc1C#N)OCCO3. The van der Waals surface area contributed by atoms with E-state index in [0.29, 0.717) is 52.1 Å². The minimum Gasteiger partial charge on any atom is -0.486 e. The van der Waals surface area contributed by atoms with Crippen LogP contribution in [0.1, 0.15) is 21.5 Å². The molecule has 1 aliphatic rings. The van der Waals surface area contributed by atoms with E-state index >= 15 is 0 Å². The van der Waals surface area contributed by atoms with Gasteiger partial charge in [0, 0.05) is 22.7 Å². The first-order valence-corrected chi connectivity index (χ1v) is 10.2. The van der Waals surface area contributed by atoms with E-state index in [9.17, 15) is 14.9 Å². The van der Waals surface area contributed by atoms with E-state index in [1.807, 2.05) is 13.0 Å². The molecule has 4 rings (SSSR count). The number of rotatable bonds is 5. The highest BCUT2D eigenvalue weighted by Gasteiger charge is 2.16. The molecule has 0 fully saturated rings. The number of hydrogen-bond donors (Lipinski definition) is 1. The number of anilines is 1. The van der Waals surface area contributed by atoms with Crippen molar-refractivity contribution in [2.75, 3.05) is 24.3 Å². The highest BCUT2D eigenvalue weighted by atomic mass is 32.2. The first-order chi connectivity index (χ1) is 14.6. The molecule has 1 aromatic heterocycles. The van der Waals surface area contributed by atoms with Crippen molar-refractivity contribution in [2.45, 2.75) is 11.9 Å². The smallest absolute Gasteiger partial charge is 0.234 e. The molecule has 150 valence electrons. The third-order valence-corrected chi connectivity index (χ3v) is 5.56. The van der Waals surface area contributed by atoms with Crippen LogP contribution in [0.2, 0.25) is 0 Å². The Kier molecular flexibility index (Phi) is 5.55. The maximum absolute atomic E-state index is 12.4. The highest BCUT2D eigenvalue weighted by Crippen LogP contribution is 2.35. The molecule has 0 radical (unpaired) electrons. The zero-order chi connectivity index (χ0) is 21.1. The molecule has 0 saturated heterocycles. The minimum atomic E-state index is -0.227. The molecule has 7 nitrogen and oxygen atoms in total. The number of carbonyl (C=O) groups is 2. The summed E-state index contributed by atoms with van der Waals surface area (Å²) in [5.41, 5.74) is 3.05. The molecule has 8 heteroatoms. The number of pyridine rings is 1. The van der Waals surface area contributed by atoms with E-state index in [0.717, 1.165) is 17.2 Å². The number of nitrogens with zero attached hydrogens (tertiary/aromatic N) is 2. The van der Waals surface area contributed by atoms with Crippen LogP contribution in [-0.4, -0.2) is 36.1 Å². The zero-order valence-corrected chi connectivity index (χ0v) is 16.9. The van der Waals surface area contributed by atoms with Crippen LogP contribution in [0.15, 0.2) is 41.4 Å². The van der Waals surface area contributed by atoms with Gasteiger partial charge in [-0.2, -0.15) is 5.26 Å². The fourth-order valence-electron chi connectivity index (χ4n) is 3.10. The number of nitriles is 1. The third kappa shape index (κ3) is 4.07. The molecule has 1 N–H and O–H groups in total. The Morgan fingerprint density at radius 1 is 1.23 bits per heavy atom. The standard InChI is InChI=1S/C22H17N3O4S/c1-13-6-14(11-26)2-3-17(13)24-21(27)12-30-22-16(10-23)7-15-8-19-20(9-18(15)25-22)29-5-4-28-19/h2-3,6-9,11H,4-5,12H2,1H3,(H,24,27). The Hall–Kier alpha value is -3.57. The second-order valence-corrected chi connectivity index (χ2v) is 7.63. The molecule has 0 unspecified atom stereocenters. The topological polar surface area (TPSA) is 101 Å². The summed E-state index contributed by atoms with van der Waals surface area (Å²) >= 11 is 1.19. The lowest BCUT2D eigenvalue weighted by molar-refractivity contribution is -0.113. The number of aryl methyl sites for hydroxylation is 1. The van der Waals surface area contributed by atoms with E-state index in [4.69, 9.17) is 9.47 Å². The molecular weight excluding hydrogens is 402 g/mol. The van der Waals surface area contributed by atoms with Gasteiger partial charge in [0.1, 0.15) is 30.6 Å². The number of fused-ring (bicyclic) bond motifs is 2. The number of hydrogen-bond acceptors (Lipinski definition) is 7. The number of aldehydes is 1. The van der Waals surface area contributed by atoms with Crippen LogP contribution < -0.4 is 14.8 Å². The number of amides is 1. The Morgan fingerprint density at radius 2 is 2.00 bits per heavy atom. The van der Waals surface area contributed by atoms with Crippen LogP contribution in [-0.2, 0) is 4.79 Å². The number of thioether (sulfide) groups is 1. The Balaban J connectivity index is 1.52. The van der Waals surface area contributed by atoms with E-state index < -0.39 is 0 Å². The molecule has 0 spiro atoms. The number of benzene rings is 2. The van der Waals surface area contributed by atoms with Crippen LogP contribution >= 0.6 is 11.8 Å². The van der Waals surface area contributed by atoms with Crippen molar-refractivity contribution < 1.29 is 19.1 Å². The van der Waals surface area contributed by atoms with Crippen molar-refractivity contribution in [1.29, 1.82) is 5.26 Å². The molecule has 2 aromatic carbocycles. The Bertz CT molecular complexity index is 1200. The number of carbonyl (C=O) groups excluding carboxylic acids is 2. The van der Waals surface area contributed by atoms with Gasteiger partial charge in [-0.25, -0.2) is 4.98 Å². The lowest BCUT2D eigenvalue weighted by atomic mass is 10.1. The van der Waals surface area contributed by atoms with Gasteiger partial charge in [-0.1, -0.05) is 11.8 Å². The van der Waals surface area contributed by atoms with E-state index in [-0.39, 0.29) is 11.7 Å². The number of nitrogens with one attached hydrogen (secondary N) is 1. The van der Waals surface area contributed by atoms with Crippen molar-refractivity contribution >= 4 is 40.5 Å². The van der Waals surface area contributed by atoms with Crippen molar-refractivity contribution in [3.8, 4) is 17.6 Å². The molecule has 0 atom stereocenters. The van der Waals surface area contributed by atoms with Gasteiger partial charge in [-0.15, -0.1) is 0 Å². The summed E-state index contributed by atoms with van der Waals surface area (Å²) in [6.07, 6.45) is 0.761. The van der Waals surface area contributed by atoms with Gasteiger partial charge >= 0.3 is 0 Å². The summed E-state index contributed by atoms with van der Waals surface area (Å²) in [7, 11) is 0. The van der Waals surface area contributed by atoms with Crippen LogP contribution in [0.4, 0.5) is 5.69 Å². The molecule has 3 aromatic rings. The molecule has 2 heterocycles. The van der Waals surface area contributed by atoms with E-state index in [2.05, 4.69) is 16.4 Å². The normalized spacial score (nSPS) is 12.3. The van der Waals surface area contributed by atoms with Gasteiger partial charge in [0.15, 0.2) is 11.5 Å². The monoisotopic (exact) mass is 419 g/mol. The lowest BCUT2D eigenvalue weighted by Crippen LogP contribution is -2.15. The van der Waals surface area contributed by atoms with Crippen molar-refractivity contribution in [2.24, 2.45) is 0 Å². The molecular formula is C22H17N3O4S. The fourth-order valence-corrected chi connectivity index (χ4v) is 3.87. The first-order valence-electron chi connectivity index (χ1n) is 9.20.